The van der Waals surface area contributed by atoms with Crippen molar-refractivity contribution in [2.45, 2.75) is 12.5 Å². The average molecular weight is 298 g/mol. The molecule has 0 spiro atoms. The number of nitrogens with zero attached hydrogens (tertiary/aromatic N) is 1. The second-order valence-electron chi connectivity index (χ2n) is 5.00. The number of nitrogens with one attached hydrogen (secondary N) is 1. The van der Waals surface area contributed by atoms with Crippen LogP contribution in [0.1, 0.15) is 18.0 Å². The van der Waals surface area contributed by atoms with Crippen LogP contribution in [0, 0.1) is 5.82 Å². The summed E-state index contributed by atoms with van der Waals surface area (Å²) in [5, 5.41) is 3.20. The molecule has 0 radical (unpaired) electrons. The fraction of sp³-hybridized carbons (Fsp3) is 0.625. The molecule has 0 aliphatic heterocycles. The number of hydrogen-bond acceptors (Lipinski definition) is 4. The molecule has 0 saturated carbocycles. The van der Waals surface area contributed by atoms with Crippen LogP contribution < -0.4 is 5.32 Å². The molecule has 1 aromatic carbocycles. The number of halogens is 1. The summed E-state index contributed by atoms with van der Waals surface area (Å²) >= 11 is 0. The third-order valence-corrected chi connectivity index (χ3v) is 3.50. The average Bonchev–Trinajstić information content (AvgIpc) is 2.50. The summed E-state index contributed by atoms with van der Waals surface area (Å²) in [6.45, 7) is 3.87. The molecule has 0 saturated heterocycles. The molecule has 120 valence electrons. The van der Waals surface area contributed by atoms with Gasteiger partial charge in [-0.3, -0.25) is 4.90 Å². The molecule has 0 fully saturated rings. The molecule has 1 unspecified atom stereocenters. The molecule has 21 heavy (non-hydrogen) atoms. The molecule has 4 nitrogen and oxygen atoms in total. The van der Waals surface area contributed by atoms with E-state index in [2.05, 4.69) is 10.2 Å². The van der Waals surface area contributed by atoms with Crippen molar-refractivity contribution in [2.24, 2.45) is 0 Å². The highest BCUT2D eigenvalue weighted by Crippen LogP contribution is 2.17. The summed E-state index contributed by atoms with van der Waals surface area (Å²) in [4.78, 5) is 2.27. The number of likely N-dealkylation sites (N-methyl/N-ethyl adjacent to an activating group) is 1. The normalized spacial score (nSPS) is 12.8. The van der Waals surface area contributed by atoms with Crippen molar-refractivity contribution in [3.05, 3.63) is 35.6 Å². The summed E-state index contributed by atoms with van der Waals surface area (Å²) in [7, 11) is 5.26. The number of hydrogen-bond donors (Lipinski definition) is 1. The Bertz CT molecular complexity index is 390. The van der Waals surface area contributed by atoms with E-state index in [-0.39, 0.29) is 11.9 Å². The van der Waals surface area contributed by atoms with Gasteiger partial charge in [-0.05, 0) is 19.5 Å². The summed E-state index contributed by atoms with van der Waals surface area (Å²) in [6.07, 6.45) is 0.952. The molecule has 0 aliphatic carbocycles. The predicted octanol–water partition coefficient (Wildman–Crippen LogP) is 2.07. The van der Waals surface area contributed by atoms with Crippen molar-refractivity contribution in [3.8, 4) is 0 Å². The monoisotopic (exact) mass is 298 g/mol. The Kier molecular flexibility index (Phi) is 9.17. The molecular formula is C16H27FN2O2. The maximum Gasteiger partial charge on any atom is 0.128 e. The lowest BCUT2D eigenvalue weighted by Gasteiger charge is -2.27. The Hall–Kier alpha value is -1.01. The van der Waals surface area contributed by atoms with Gasteiger partial charge in [-0.2, -0.15) is 0 Å². The van der Waals surface area contributed by atoms with Crippen LogP contribution in [0.25, 0.3) is 0 Å². The molecule has 1 atom stereocenters. The fourth-order valence-electron chi connectivity index (χ4n) is 2.31. The van der Waals surface area contributed by atoms with Gasteiger partial charge < -0.3 is 14.8 Å². The van der Waals surface area contributed by atoms with Crippen molar-refractivity contribution in [1.82, 2.24) is 10.2 Å². The molecule has 0 heterocycles. The van der Waals surface area contributed by atoms with Gasteiger partial charge in [-0.1, -0.05) is 18.2 Å². The van der Waals surface area contributed by atoms with E-state index in [4.69, 9.17) is 9.47 Å². The van der Waals surface area contributed by atoms with Crippen LogP contribution in [0.15, 0.2) is 24.3 Å². The highest BCUT2D eigenvalue weighted by Gasteiger charge is 2.17. The van der Waals surface area contributed by atoms with Gasteiger partial charge in [0.2, 0.25) is 0 Å². The van der Waals surface area contributed by atoms with Crippen LogP contribution in [0.4, 0.5) is 4.39 Å². The van der Waals surface area contributed by atoms with Gasteiger partial charge in [0.25, 0.3) is 0 Å². The maximum absolute atomic E-state index is 13.9. The molecule has 0 bridgehead atoms. The third-order valence-electron chi connectivity index (χ3n) is 3.50. The minimum absolute atomic E-state index is 0.0365. The van der Waals surface area contributed by atoms with Gasteiger partial charge in [-0.25, -0.2) is 4.39 Å². The number of ether oxygens (including phenoxy) is 2. The molecule has 0 amide bonds. The summed E-state index contributed by atoms with van der Waals surface area (Å²) in [5.74, 6) is -0.166. The Balaban J connectivity index is 2.66. The lowest BCUT2D eigenvalue weighted by atomic mass is 10.1. The first kappa shape index (κ1) is 18.0. The summed E-state index contributed by atoms with van der Waals surface area (Å²) < 4.78 is 24.2. The van der Waals surface area contributed by atoms with E-state index in [0.717, 1.165) is 32.7 Å². The molecule has 1 rings (SSSR count). The SMILES string of the molecule is CNC(CN(CCCOC)CCOC)c1ccccc1F. The van der Waals surface area contributed by atoms with E-state index in [0.29, 0.717) is 12.2 Å². The van der Waals surface area contributed by atoms with E-state index in [9.17, 15) is 4.39 Å². The van der Waals surface area contributed by atoms with Crippen molar-refractivity contribution in [1.29, 1.82) is 0 Å². The van der Waals surface area contributed by atoms with E-state index in [1.54, 1.807) is 20.3 Å². The van der Waals surface area contributed by atoms with Gasteiger partial charge >= 0.3 is 0 Å². The molecule has 1 N–H and O–H groups in total. The third kappa shape index (κ3) is 6.52. The quantitative estimate of drug-likeness (QED) is 0.634. The second kappa shape index (κ2) is 10.7. The molecular weight excluding hydrogens is 271 g/mol. The highest BCUT2D eigenvalue weighted by molar-refractivity contribution is 5.21. The first-order chi connectivity index (χ1) is 10.2. The Labute approximate surface area is 127 Å². The minimum Gasteiger partial charge on any atom is -0.385 e. The molecule has 5 heteroatoms. The van der Waals surface area contributed by atoms with Crippen molar-refractivity contribution < 1.29 is 13.9 Å². The number of rotatable bonds is 11. The largest absolute Gasteiger partial charge is 0.385 e. The zero-order chi connectivity index (χ0) is 15.5. The van der Waals surface area contributed by atoms with Crippen LogP contribution in [0.3, 0.4) is 0 Å². The standard InChI is InChI=1S/C16H27FN2O2/c1-18-16(14-7-4-5-8-15(14)17)13-19(10-12-21-3)9-6-11-20-2/h4-5,7-8,16,18H,6,9-13H2,1-3H3. The summed E-state index contributed by atoms with van der Waals surface area (Å²) in [6, 6.07) is 6.88. The van der Waals surface area contributed by atoms with Gasteiger partial charge in [0.15, 0.2) is 0 Å². The van der Waals surface area contributed by atoms with Gasteiger partial charge in [0, 0.05) is 52.1 Å². The molecule has 0 aliphatic rings. The Morgan fingerprint density at radius 2 is 1.86 bits per heavy atom. The molecule has 1 aromatic rings. The highest BCUT2D eigenvalue weighted by atomic mass is 19.1. The van der Waals surface area contributed by atoms with Gasteiger partial charge in [0.05, 0.1) is 6.61 Å². The fourth-order valence-corrected chi connectivity index (χ4v) is 2.31. The van der Waals surface area contributed by atoms with Crippen molar-refractivity contribution in [3.63, 3.8) is 0 Å². The van der Waals surface area contributed by atoms with E-state index >= 15 is 0 Å². The zero-order valence-corrected chi connectivity index (χ0v) is 13.3. The van der Waals surface area contributed by atoms with Crippen LogP contribution in [0.2, 0.25) is 0 Å². The summed E-state index contributed by atoms with van der Waals surface area (Å²) in [5.41, 5.74) is 0.703. The molecule has 0 aromatic heterocycles. The van der Waals surface area contributed by atoms with Gasteiger partial charge in [-0.15, -0.1) is 0 Å². The number of benzene rings is 1. The zero-order valence-electron chi connectivity index (χ0n) is 13.3. The maximum atomic E-state index is 13.9. The Morgan fingerprint density at radius 1 is 1.14 bits per heavy atom. The van der Waals surface area contributed by atoms with E-state index < -0.39 is 0 Å². The van der Waals surface area contributed by atoms with Crippen LogP contribution in [0.5, 0.6) is 0 Å². The van der Waals surface area contributed by atoms with Crippen LogP contribution in [-0.4, -0.2) is 59.0 Å². The predicted molar refractivity (Wildman–Crippen MR) is 83.0 cm³/mol. The van der Waals surface area contributed by atoms with Crippen LogP contribution in [-0.2, 0) is 9.47 Å². The van der Waals surface area contributed by atoms with E-state index in [1.165, 1.54) is 6.07 Å². The lowest BCUT2D eigenvalue weighted by molar-refractivity contribution is 0.126. The Morgan fingerprint density at radius 3 is 2.48 bits per heavy atom. The lowest BCUT2D eigenvalue weighted by Crippen LogP contribution is -2.37. The number of methoxy groups -OCH3 is 2. The smallest absolute Gasteiger partial charge is 0.128 e. The first-order valence-corrected chi connectivity index (χ1v) is 7.34. The van der Waals surface area contributed by atoms with Crippen molar-refractivity contribution >= 4 is 0 Å². The van der Waals surface area contributed by atoms with Crippen LogP contribution >= 0.6 is 0 Å². The first-order valence-electron chi connectivity index (χ1n) is 7.34. The van der Waals surface area contributed by atoms with Crippen molar-refractivity contribution in [2.75, 3.05) is 54.1 Å². The van der Waals surface area contributed by atoms with Gasteiger partial charge in [0.1, 0.15) is 5.82 Å². The minimum atomic E-state index is -0.166. The van der Waals surface area contributed by atoms with E-state index in [1.807, 2.05) is 19.2 Å². The second-order valence-corrected chi connectivity index (χ2v) is 5.00. The topological polar surface area (TPSA) is 33.7 Å².